The molecule has 0 saturated carbocycles. The molecule has 0 saturated heterocycles. The summed E-state index contributed by atoms with van der Waals surface area (Å²) in [6.07, 6.45) is 1.75. The summed E-state index contributed by atoms with van der Waals surface area (Å²) in [6, 6.07) is 0.145. The molecule has 0 rings (SSSR count). The highest BCUT2D eigenvalue weighted by Crippen LogP contribution is 1.98. The van der Waals surface area contributed by atoms with Crippen LogP contribution in [0.2, 0.25) is 0 Å². The number of nitrogens with zero attached hydrogens (tertiary/aromatic N) is 1. The number of carboxylic acids is 1. The molecule has 0 aromatic carbocycles. The smallest absolute Gasteiger partial charge is 0.320 e. The monoisotopic (exact) mass is 216 g/mol. The normalized spacial score (nSPS) is 15.3. The number of aliphatic carboxylic acids is 1. The van der Waals surface area contributed by atoms with Crippen molar-refractivity contribution in [2.24, 2.45) is 0 Å². The Morgan fingerprint density at radius 3 is 2.40 bits per heavy atom. The van der Waals surface area contributed by atoms with Crippen molar-refractivity contribution in [3.63, 3.8) is 0 Å². The highest BCUT2D eigenvalue weighted by molar-refractivity contribution is 5.73. The molecule has 2 N–H and O–H groups in total. The molecule has 15 heavy (non-hydrogen) atoms. The summed E-state index contributed by atoms with van der Waals surface area (Å²) in [5.74, 6) is -0.760. The van der Waals surface area contributed by atoms with E-state index in [0.717, 1.165) is 19.5 Å². The summed E-state index contributed by atoms with van der Waals surface area (Å²) < 4.78 is 0. The molecule has 0 amide bonds. The van der Waals surface area contributed by atoms with Crippen LogP contribution in [-0.2, 0) is 4.79 Å². The van der Waals surface area contributed by atoms with Gasteiger partial charge in [-0.15, -0.1) is 0 Å². The van der Waals surface area contributed by atoms with Crippen LogP contribution < -0.4 is 5.32 Å². The van der Waals surface area contributed by atoms with Crippen LogP contribution in [0.5, 0.6) is 0 Å². The number of rotatable bonds is 8. The third-order valence-electron chi connectivity index (χ3n) is 2.90. The number of hydrogen-bond donors (Lipinski definition) is 2. The summed E-state index contributed by atoms with van der Waals surface area (Å²) in [6.45, 7) is 7.82. The third kappa shape index (κ3) is 5.74. The Morgan fingerprint density at radius 2 is 2.00 bits per heavy atom. The maximum absolute atomic E-state index is 10.7. The lowest BCUT2D eigenvalue weighted by Gasteiger charge is -2.24. The van der Waals surface area contributed by atoms with Crippen molar-refractivity contribution < 1.29 is 9.90 Å². The van der Waals surface area contributed by atoms with E-state index in [-0.39, 0.29) is 0 Å². The van der Waals surface area contributed by atoms with Gasteiger partial charge in [-0.2, -0.15) is 0 Å². The van der Waals surface area contributed by atoms with Gasteiger partial charge in [-0.3, -0.25) is 4.79 Å². The minimum absolute atomic E-state index is 0.407. The van der Waals surface area contributed by atoms with E-state index in [1.165, 1.54) is 0 Å². The van der Waals surface area contributed by atoms with E-state index < -0.39 is 12.0 Å². The average molecular weight is 216 g/mol. The molecule has 0 fully saturated rings. The number of likely N-dealkylation sites (N-methyl/N-ethyl adjacent to an activating group) is 1. The van der Waals surface area contributed by atoms with E-state index in [4.69, 9.17) is 5.11 Å². The van der Waals surface area contributed by atoms with E-state index in [9.17, 15) is 4.79 Å². The molecule has 0 aromatic rings. The highest BCUT2D eigenvalue weighted by atomic mass is 16.4. The van der Waals surface area contributed by atoms with Gasteiger partial charge in [-0.1, -0.05) is 13.8 Å². The fourth-order valence-corrected chi connectivity index (χ4v) is 1.35. The van der Waals surface area contributed by atoms with Gasteiger partial charge in [-0.25, -0.2) is 0 Å². The Kier molecular flexibility index (Phi) is 7.34. The fraction of sp³-hybridized carbons (Fsp3) is 0.909. The van der Waals surface area contributed by atoms with Gasteiger partial charge in [0.05, 0.1) is 0 Å². The van der Waals surface area contributed by atoms with Crippen LogP contribution in [0.25, 0.3) is 0 Å². The second-order valence-corrected chi connectivity index (χ2v) is 3.99. The van der Waals surface area contributed by atoms with Crippen molar-refractivity contribution in [3.05, 3.63) is 0 Å². The Morgan fingerprint density at radius 1 is 1.40 bits per heavy atom. The molecule has 0 aliphatic rings. The van der Waals surface area contributed by atoms with Crippen LogP contribution >= 0.6 is 0 Å². The molecule has 0 aromatic heterocycles. The molecule has 90 valence electrons. The maximum atomic E-state index is 10.7. The van der Waals surface area contributed by atoms with E-state index in [2.05, 4.69) is 31.1 Å². The van der Waals surface area contributed by atoms with Crippen LogP contribution in [0, 0.1) is 0 Å². The van der Waals surface area contributed by atoms with Crippen molar-refractivity contribution >= 4 is 5.97 Å². The van der Waals surface area contributed by atoms with E-state index in [1.807, 2.05) is 6.92 Å². The zero-order chi connectivity index (χ0) is 11.8. The first-order valence-corrected chi connectivity index (χ1v) is 5.69. The number of carboxylic acid groups (broad SMARTS) is 1. The van der Waals surface area contributed by atoms with Gasteiger partial charge < -0.3 is 15.3 Å². The molecule has 0 aliphatic heterocycles. The maximum Gasteiger partial charge on any atom is 0.320 e. The SMILES string of the molecule is CCC(NCCN(C)C(C)CC)C(=O)O. The first-order chi connectivity index (χ1) is 7.02. The van der Waals surface area contributed by atoms with Crippen molar-refractivity contribution in [3.8, 4) is 0 Å². The summed E-state index contributed by atoms with van der Waals surface area (Å²) in [7, 11) is 2.07. The summed E-state index contributed by atoms with van der Waals surface area (Å²) in [4.78, 5) is 13.0. The van der Waals surface area contributed by atoms with Crippen molar-refractivity contribution in [1.82, 2.24) is 10.2 Å². The Hall–Kier alpha value is -0.610. The quantitative estimate of drug-likeness (QED) is 0.639. The number of carbonyl (C=O) groups is 1. The number of hydrogen-bond acceptors (Lipinski definition) is 3. The van der Waals surface area contributed by atoms with Gasteiger partial charge in [0, 0.05) is 19.1 Å². The third-order valence-corrected chi connectivity index (χ3v) is 2.90. The Labute approximate surface area is 92.7 Å². The lowest BCUT2D eigenvalue weighted by Crippen LogP contribution is -2.41. The van der Waals surface area contributed by atoms with Gasteiger partial charge in [0.1, 0.15) is 6.04 Å². The van der Waals surface area contributed by atoms with Gasteiger partial charge in [0.25, 0.3) is 0 Å². The summed E-state index contributed by atoms with van der Waals surface area (Å²) in [5.41, 5.74) is 0. The van der Waals surface area contributed by atoms with Gasteiger partial charge in [0.15, 0.2) is 0 Å². The minimum Gasteiger partial charge on any atom is -0.480 e. The highest BCUT2D eigenvalue weighted by Gasteiger charge is 2.14. The number of nitrogens with one attached hydrogen (secondary N) is 1. The van der Waals surface area contributed by atoms with Crippen LogP contribution in [0.3, 0.4) is 0 Å². The van der Waals surface area contributed by atoms with Crippen molar-refractivity contribution in [2.45, 2.75) is 45.7 Å². The van der Waals surface area contributed by atoms with Crippen molar-refractivity contribution in [2.75, 3.05) is 20.1 Å². The first kappa shape index (κ1) is 14.4. The fourth-order valence-electron chi connectivity index (χ4n) is 1.35. The Bertz CT molecular complexity index is 185. The van der Waals surface area contributed by atoms with Crippen LogP contribution in [0.15, 0.2) is 0 Å². The minimum atomic E-state index is -0.760. The molecule has 0 bridgehead atoms. The lowest BCUT2D eigenvalue weighted by molar-refractivity contribution is -0.139. The first-order valence-electron chi connectivity index (χ1n) is 5.69. The molecule has 2 unspecified atom stereocenters. The topological polar surface area (TPSA) is 52.6 Å². The molecule has 0 heterocycles. The molecule has 0 aliphatic carbocycles. The standard InChI is InChI=1S/C11H24N2O2/c1-5-9(3)13(4)8-7-12-10(6-2)11(14)15/h9-10,12H,5-8H2,1-4H3,(H,14,15). The van der Waals surface area contributed by atoms with Crippen LogP contribution in [-0.4, -0.2) is 48.2 Å². The summed E-state index contributed by atoms with van der Waals surface area (Å²) >= 11 is 0. The predicted octanol–water partition coefficient (Wildman–Crippen LogP) is 1.17. The largest absolute Gasteiger partial charge is 0.480 e. The molecule has 0 spiro atoms. The average Bonchev–Trinajstić information content (AvgIpc) is 2.22. The summed E-state index contributed by atoms with van der Waals surface area (Å²) in [5, 5.41) is 11.9. The van der Waals surface area contributed by atoms with Gasteiger partial charge in [-0.05, 0) is 26.8 Å². The molecular formula is C11H24N2O2. The lowest BCUT2D eigenvalue weighted by atomic mass is 10.2. The van der Waals surface area contributed by atoms with Gasteiger partial charge in [0.2, 0.25) is 0 Å². The second kappa shape index (κ2) is 7.65. The van der Waals surface area contributed by atoms with E-state index in [0.29, 0.717) is 12.5 Å². The molecule has 4 heteroatoms. The van der Waals surface area contributed by atoms with Gasteiger partial charge >= 0.3 is 5.97 Å². The molecule has 2 atom stereocenters. The predicted molar refractivity (Wildman–Crippen MR) is 62.1 cm³/mol. The molecular weight excluding hydrogens is 192 g/mol. The van der Waals surface area contributed by atoms with Crippen LogP contribution in [0.1, 0.15) is 33.6 Å². The molecule has 4 nitrogen and oxygen atoms in total. The molecule has 0 radical (unpaired) electrons. The van der Waals surface area contributed by atoms with E-state index >= 15 is 0 Å². The second-order valence-electron chi connectivity index (χ2n) is 3.99. The van der Waals surface area contributed by atoms with E-state index in [1.54, 1.807) is 0 Å². The zero-order valence-corrected chi connectivity index (χ0v) is 10.3. The van der Waals surface area contributed by atoms with Crippen molar-refractivity contribution in [1.29, 1.82) is 0 Å². The van der Waals surface area contributed by atoms with Crippen LogP contribution in [0.4, 0.5) is 0 Å². The Balaban J connectivity index is 3.72. The zero-order valence-electron chi connectivity index (χ0n) is 10.3.